The molecule has 0 aromatic rings. The van der Waals surface area contributed by atoms with Gasteiger partial charge in [-0.1, -0.05) is 13.3 Å². The van der Waals surface area contributed by atoms with Gasteiger partial charge >= 0.3 is 5.97 Å². The van der Waals surface area contributed by atoms with Gasteiger partial charge in [-0.3, -0.25) is 4.79 Å². The number of carbonyl (C=O) groups is 2. The van der Waals surface area contributed by atoms with Gasteiger partial charge in [-0.15, -0.1) is 0 Å². The maximum absolute atomic E-state index is 11.1. The van der Waals surface area contributed by atoms with Crippen LogP contribution in [-0.4, -0.2) is 22.5 Å². The van der Waals surface area contributed by atoms with Gasteiger partial charge in [0.25, 0.3) is 0 Å². The highest BCUT2D eigenvalue weighted by Crippen LogP contribution is 2.35. The summed E-state index contributed by atoms with van der Waals surface area (Å²) in [6.07, 6.45) is 2.28. The van der Waals surface area contributed by atoms with E-state index in [9.17, 15) is 9.59 Å². The average molecular weight is 185 g/mol. The molecule has 4 nitrogen and oxygen atoms in total. The summed E-state index contributed by atoms with van der Waals surface area (Å²) in [5.74, 6) is -1.15. The van der Waals surface area contributed by atoms with Crippen LogP contribution >= 0.6 is 0 Å². The summed E-state index contributed by atoms with van der Waals surface area (Å²) in [6, 6.07) is 0. The maximum Gasteiger partial charge on any atom is 0.329 e. The van der Waals surface area contributed by atoms with Crippen LogP contribution in [0, 0.1) is 5.92 Å². The van der Waals surface area contributed by atoms with Gasteiger partial charge in [0.05, 0.1) is 0 Å². The molecule has 74 valence electrons. The molecule has 0 heterocycles. The topological polar surface area (TPSA) is 66.4 Å². The highest BCUT2D eigenvalue weighted by Gasteiger charge is 2.47. The number of amides is 1. The monoisotopic (exact) mass is 185 g/mol. The van der Waals surface area contributed by atoms with Crippen LogP contribution in [0.1, 0.15) is 33.1 Å². The Labute approximate surface area is 77.3 Å². The predicted octanol–water partition coefficient (Wildman–Crippen LogP) is 0.766. The first kappa shape index (κ1) is 10.0. The van der Waals surface area contributed by atoms with E-state index in [1.54, 1.807) is 0 Å². The third-order valence-corrected chi connectivity index (χ3v) is 2.83. The van der Waals surface area contributed by atoms with Gasteiger partial charge in [-0.25, -0.2) is 4.79 Å². The molecule has 0 aromatic carbocycles. The number of aliphatic carboxylic acids is 1. The minimum Gasteiger partial charge on any atom is -0.479 e. The van der Waals surface area contributed by atoms with E-state index in [4.69, 9.17) is 5.11 Å². The molecule has 4 heteroatoms. The first-order valence-corrected chi connectivity index (χ1v) is 4.51. The summed E-state index contributed by atoms with van der Waals surface area (Å²) in [4.78, 5) is 21.9. The van der Waals surface area contributed by atoms with Crippen molar-refractivity contribution < 1.29 is 14.7 Å². The lowest BCUT2D eigenvalue weighted by Gasteiger charge is -2.29. The summed E-state index contributed by atoms with van der Waals surface area (Å²) in [5.41, 5.74) is -1.01. The number of hydrogen-bond acceptors (Lipinski definition) is 2. The highest BCUT2D eigenvalue weighted by atomic mass is 16.4. The second-order valence-electron chi connectivity index (χ2n) is 3.75. The van der Waals surface area contributed by atoms with E-state index in [2.05, 4.69) is 5.32 Å². The number of carbonyl (C=O) groups excluding carboxylic acids is 1. The molecule has 0 aromatic heterocycles. The minimum atomic E-state index is -1.01. The van der Waals surface area contributed by atoms with Crippen LogP contribution in [0.2, 0.25) is 0 Å². The van der Waals surface area contributed by atoms with E-state index in [-0.39, 0.29) is 11.8 Å². The zero-order chi connectivity index (χ0) is 10.1. The van der Waals surface area contributed by atoms with Gasteiger partial charge in [0.1, 0.15) is 5.54 Å². The molecular weight excluding hydrogens is 170 g/mol. The molecule has 1 saturated carbocycles. The third kappa shape index (κ3) is 1.66. The third-order valence-electron chi connectivity index (χ3n) is 2.83. The van der Waals surface area contributed by atoms with Crippen molar-refractivity contribution in [3.05, 3.63) is 0 Å². The Kier molecular flexibility index (Phi) is 2.59. The van der Waals surface area contributed by atoms with Crippen LogP contribution in [0.15, 0.2) is 0 Å². The molecule has 2 unspecified atom stereocenters. The Morgan fingerprint density at radius 3 is 2.46 bits per heavy atom. The van der Waals surface area contributed by atoms with Crippen molar-refractivity contribution in [3.8, 4) is 0 Å². The van der Waals surface area contributed by atoms with Crippen LogP contribution in [-0.2, 0) is 9.59 Å². The van der Waals surface area contributed by atoms with Crippen molar-refractivity contribution >= 4 is 11.9 Å². The molecule has 0 saturated heterocycles. The Hall–Kier alpha value is -1.06. The standard InChI is InChI=1S/C9H15NO3/c1-6-4-3-5-9(6,8(12)13)10-7(2)11/h6H,3-5H2,1-2H3,(H,10,11)(H,12,13). The van der Waals surface area contributed by atoms with Gasteiger partial charge in [-0.2, -0.15) is 0 Å². The van der Waals surface area contributed by atoms with Crippen LogP contribution in [0.4, 0.5) is 0 Å². The first-order chi connectivity index (χ1) is 5.99. The van der Waals surface area contributed by atoms with E-state index in [0.717, 1.165) is 12.8 Å². The Morgan fingerprint density at radius 1 is 1.54 bits per heavy atom. The lowest BCUT2D eigenvalue weighted by Crippen LogP contribution is -2.55. The van der Waals surface area contributed by atoms with Crippen molar-refractivity contribution in [1.29, 1.82) is 0 Å². The molecular formula is C9H15NO3. The largest absolute Gasteiger partial charge is 0.479 e. The fourth-order valence-corrected chi connectivity index (χ4v) is 2.05. The van der Waals surface area contributed by atoms with Crippen molar-refractivity contribution in [2.75, 3.05) is 0 Å². The maximum atomic E-state index is 11.1. The number of carboxylic acids is 1. The molecule has 1 aliphatic rings. The first-order valence-electron chi connectivity index (χ1n) is 4.51. The molecule has 0 radical (unpaired) electrons. The zero-order valence-electron chi connectivity index (χ0n) is 7.96. The fraction of sp³-hybridized carbons (Fsp3) is 0.778. The molecule has 1 fully saturated rings. The highest BCUT2D eigenvalue weighted by molar-refractivity contribution is 5.86. The SMILES string of the molecule is CC(=O)NC1(C(=O)O)CCCC1C. The Bertz CT molecular complexity index is 239. The van der Waals surface area contributed by atoms with Crippen molar-refractivity contribution in [2.24, 2.45) is 5.92 Å². The summed E-state index contributed by atoms with van der Waals surface area (Å²) >= 11 is 0. The smallest absolute Gasteiger partial charge is 0.329 e. The van der Waals surface area contributed by atoms with Crippen molar-refractivity contribution in [1.82, 2.24) is 5.32 Å². The summed E-state index contributed by atoms with van der Waals surface area (Å²) in [6.45, 7) is 3.23. The summed E-state index contributed by atoms with van der Waals surface area (Å²) in [5, 5.41) is 11.6. The quantitative estimate of drug-likeness (QED) is 0.667. The summed E-state index contributed by atoms with van der Waals surface area (Å²) < 4.78 is 0. The van der Waals surface area contributed by atoms with Gasteiger partial charge in [0.15, 0.2) is 0 Å². The predicted molar refractivity (Wildman–Crippen MR) is 47.2 cm³/mol. The van der Waals surface area contributed by atoms with E-state index in [1.165, 1.54) is 6.92 Å². The van der Waals surface area contributed by atoms with Gasteiger partial charge < -0.3 is 10.4 Å². The average Bonchev–Trinajstić information content (AvgIpc) is 2.32. The number of rotatable bonds is 2. The van der Waals surface area contributed by atoms with Crippen LogP contribution in [0.25, 0.3) is 0 Å². The molecule has 0 aliphatic heterocycles. The molecule has 2 atom stereocenters. The molecule has 1 aliphatic carbocycles. The van der Waals surface area contributed by atoms with Gasteiger partial charge in [0.2, 0.25) is 5.91 Å². The second kappa shape index (κ2) is 3.36. The van der Waals surface area contributed by atoms with Gasteiger partial charge in [0, 0.05) is 6.92 Å². The number of nitrogens with one attached hydrogen (secondary N) is 1. The van der Waals surface area contributed by atoms with Crippen LogP contribution in [0.5, 0.6) is 0 Å². The molecule has 0 bridgehead atoms. The fourth-order valence-electron chi connectivity index (χ4n) is 2.05. The second-order valence-corrected chi connectivity index (χ2v) is 3.75. The molecule has 0 spiro atoms. The number of carboxylic acid groups (broad SMARTS) is 1. The van der Waals surface area contributed by atoms with Gasteiger partial charge in [-0.05, 0) is 18.8 Å². The molecule has 13 heavy (non-hydrogen) atoms. The van der Waals surface area contributed by atoms with Crippen molar-refractivity contribution in [3.63, 3.8) is 0 Å². The van der Waals surface area contributed by atoms with E-state index >= 15 is 0 Å². The minimum absolute atomic E-state index is 0.0221. The van der Waals surface area contributed by atoms with Crippen LogP contribution in [0.3, 0.4) is 0 Å². The lowest BCUT2D eigenvalue weighted by molar-refractivity contribution is -0.148. The van der Waals surface area contributed by atoms with E-state index < -0.39 is 11.5 Å². The Morgan fingerprint density at radius 2 is 2.15 bits per heavy atom. The molecule has 1 rings (SSSR count). The normalized spacial score (nSPS) is 32.9. The molecule has 1 amide bonds. The summed E-state index contributed by atoms with van der Waals surface area (Å²) in [7, 11) is 0. The van der Waals surface area contributed by atoms with Crippen LogP contribution < -0.4 is 5.32 Å². The molecule has 2 N–H and O–H groups in total. The van der Waals surface area contributed by atoms with Crippen molar-refractivity contribution in [2.45, 2.75) is 38.6 Å². The van der Waals surface area contributed by atoms with E-state index in [1.807, 2.05) is 6.92 Å². The zero-order valence-corrected chi connectivity index (χ0v) is 7.96. The number of hydrogen-bond donors (Lipinski definition) is 2. The van der Waals surface area contributed by atoms with E-state index in [0.29, 0.717) is 6.42 Å². The Balaban J connectivity index is 2.87. The lowest BCUT2D eigenvalue weighted by atomic mass is 9.88.